The Bertz CT molecular complexity index is 634. The van der Waals surface area contributed by atoms with Crippen LogP contribution in [0.25, 0.3) is 0 Å². The van der Waals surface area contributed by atoms with Crippen molar-refractivity contribution < 1.29 is 24.2 Å². The second kappa shape index (κ2) is 9.72. The van der Waals surface area contributed by atoms with Gasteiger partial charge in [0.2, 0.25) is 0 Å². The van der Waals surface area contributed by atoms with Crippen LogP contribution in [0.5, 0.6) is 5.75 Å². The molecule has 1 aromatic heterocycles. The van der Waals surface area contributed by atoms with Crippen molar-refractivity contribution in [2.24, 2.45) is 0 Å². The van der Waals surface area contributed by atoms with E-state index in [0.717, 1.165) is 25.7 Å². The van der Waals surface area contributed by atoms with Crippen LogP contribution in [0.15, 0.2) is 41.1 Å². The third-order valence-corrected chi connectivity index (χ3v) is 4.08. The lowest BCUT2D eigenvalue weighted by molar-refractivity contribution is 0.0497. The van der Waals surface area contributed by atoms with Crippen molar-refractivity contribution in [1.29, 1.82) is 0 Å². The third-order valence-electron chi connectivity index (χ3n) is 3.40. The van der Waals surface area contributed by atoms with Gasteiger partial charge in [0.25, 0.3) is 0 Å². The molecule has 0 saturated carbocycles. The Hall–Kier alpha value is -2.34. The molecule has 2 rings (SSSR count). The van der Waals surface area contributed by atoms with Crippen molar-refractivity contribution in [2.45, 2.75) is 25.7 Å². The van der Waals surface area contributed by atoms with Crippen LogP contribution in [-0.2, 0) is 4.74 Å². The summed E-state index contributed by atoms with van der Waals surface area (Å²) in [4.78, 5) is 22.3. The van der Waals surface area contributed by atoms with Crippen LogP contribution < -0.4 is 4.74 Å². The van der Waals surface area contributed by atoms with Crippen LogP contribution in [0.4, 0.5) is 0 Å². The van der Waals surface area contributed by atoms with Gasteiger partial charge in [-0.1, -0.05) is 0 Å². The van der Waals surface area contributed by atoms with Crippen LogP contribution in [0.3, 0.4) is 0 Å². The number of benzene rings is 1. The minimum absolute atomic E-state index is 0.249. The van der Waals surface area contributed by atoms with E-state index in [1.54, 1.807) is 23.6 Å². The zero-order chi connectivity index (χ0) is 17.2. The molecule has 0 fully saturated rings. The number of unbranched alkanes of at least 4 members (excludes halogenated alkanes) is 3. The van der Waals surface area contributed by atoms with Crippen LogP contribution >= 0.6 is 11.3 Å². The van der Waals surface area contributed by atoms with Crippen LogP contribution in [0, 0.1) is 0 Å². The third kappa shape index (κ3) is 6.04. The Morgan fingerprint density at radius 1 is 0.917 bits per heavy atom. The Labute approximate surface area is 144 Å². The summed E-state index contributed by atoms with van der Waals surface area (Å²) in [7, 11) is 0. The maximum Gasteiger partial charge on any atom is 0.338 e. The van der Waals surface area contributed by atoms with Gasteiger partial charge in [0.1, 0.15) is 5.75 Å². The lowest BCUT2D eigenvalue weighted by Gasteiger charge is -2.07. The van der Waals surface area contributed by atoms with Gasteiger partial charge in [0.05, 0.1) is 24.3 Å². The molecular formula is C18H20O5S. The highest BCUT2D eigenvalue weighted by atomic mass is 32.1. The molecule has 1 heterocycles. The molecule has 24 heavy (non-hydrogen) atoms. The normalized spacial score (nSPS) is 10.3. The van der Waals surface area contributed by atoms with E-state index < -0.39 is 5.97 Å². The van der Waals surface area contributed by atoms with Crippen molar-refractivity contribution in [3.05, 3.63) is 52.2 Å². The molecule has 0 saturated heterocycles. The summed E-state index contributed by atoms with van der Waals surface area (Å²) >= 11 is 1.48. The summed E-state index contributed by atoms with van der Waals surface area (Å²) in [5.41, 5.74) is 0.863. The number of aromatic carboxylic acids is 1. The second-order valence-corrected chi connectivity index (χ2v) is 6.02. The van der Waals surface area contributed by atoms with Gasteiger partial charge in [-0.3, -0.25) is 0 Å². The van der Waals surface area contributed by atoms with Crippen molar-refractivity contribution in [1.82, 2.24) is 0 Å². The lowest BCUT2D eigenvalue weighted by atomic mass is 10.2. The van der Waals surface area contributed by atoms with Crippen LogP contribution in [-0.4, -0.2) is 30.3 Å². The van der Waals surface area contributed by atoms with E-state index >= 15 is 0 Å². The van der Waals surface area contributed by atoms with Gasteiger partial charge in [0, 0.05) is 5.38 Å². The van der Waals surface area contributed by atoms with Gasteiger partial charge in [-0.15, -0.1) is 0 Å². The first-order valence-electron chi connectivity index (χ1n) is 7.82. The largest absolute Gasteiger partial charge is 0.494 e. The van der Waals surface area contributed by atoms with Gasteiger partial charge in [0.15, 0.2) is 0 Å². The molecule has 0 unspecified atom stereocenters. The molecule has 2 aromatic rings. The molecule has 0 bridgehead atoms. The molecule has 128 valence electrons. The number of hydrogen-bond acceptors (Lipinski definition) is 5. The first kappa shape index (κ1) is 18.0. The van der Waals surface area contributed by atoms with E-state index in [9.17, 15) is 9.59 Å². The van der Waals surface area contributed by atoms with Gasteiger partial charge in [-0.05, 0) is 61.4 Å². The molecule has 1 aromatic carbocycles. The molecule has 0 aliphatic carbocycles. The summed E-state index contributed by atoms with van der Waals surface area (Å²) in [6.07, 6.45) is 3.70. The highest BCUT2D eigenvalue weighted by Gasteiger charge is 2.06. The summed E-state index contributed by atoms with van der Waals surface area (Å²) in [6, 6.07) is 8.13. The minimum Gasteiger partial charge on any atom is -0.494 e. The van der Waals surface area contributed by atoms with Crippen molar-refractivity contribution in [3.63, 3.8) is 0 Å². The number of thiophene rings is 1. The topological polar surface area (TPSA) is 72.8 Å². The fourth-order valence-corrected chi connectivity index (χ4v) is 2.70. The van der Waals surface area contributed by atoms with Gasteiger partial charge < -0.3 is 14.6 Å². The van der Waals surface area contributed by atoms with E-state index in [4.69, 9.17) is 14.6 Å². The first-order valence-corrected chi connectivity index (χ1v) is 8.76. The number of carbonyl (C=O) groups is 2. The molecule has 5 nitrogen and oxygen atoms in total. The standard InChI is InChI=1S/C18H20O5S/c19-17(20)14-5-7-16(8-6-14)22-10-3-1-2-4-11-23-18(21)15-9-12-24-13-15/h5-9,12-13H,1-4,10-11H2,(H,19,20). The molecular weight excluding hydrogens is 328 g/mol. The van der Waals surface area contributed by atoms with Crippen molar-refractivity contribution in [2.75, 3.05) is 13.2 Å². The number of carboxylic acid groups (broad SMARTS) is 1. The molecule has 0 spiro atoms. The quantitative estimate of drug-likeness (QED) is 0.513. The highest BCUT2D eigenvalue weighted by molar-refractivity contribution is 7.08. The molecule has 6 heteroatoms. The SMILES string of the molecule is O=C(O)c1ccc(OCCCCCCOC(=O)c2ccsc2)cc1. The van der Waals surface area contributed by atoms with E-state index in [0.29, 0.717) is 24.5 Å². The summed E-state index contributed by atoms with van der Waals surface area (Å²) in [5.74, 6) is -0.532. The zero-order valence-corrected chi connectivity index (χ0v) is 14.1. The first-order chi connectivity index (χ1) is 11.7. The summed E-state index contributed by atoms with van der Waals surface area (Å²) < 4.78 is 10.7. The average Bonchev–Trinajstić information content (AvgIpc) is 3.12. The number of hydrogen-bond donors (Lipinski definition) is 1. The van der Waals surface area contributed by atoms with E-state index in [1.807, 2.05) is 5.38 Å². The lowest BCUT2D eigenvalue weighted by Crippen LogP contribution is -2.05. The molecule has 1 N–H and O–H groups in total. The van der Waals surface area contributed by atoms with Crippen molar-refractivity contribution in [3.8, 4) is 5.75 Å². The number of carboxylic acids is 1. The fraction of sp³-hybridized carbons (Fsp3) is 0.333. The number of carbonyl (C=O) groups excluding carboxylic acids is 1. The smallest absolute Gasteiger partial charge is 0.338 e. The summed E-state index contributed by atoms with van der Waals surface area (Å²) in [6.45, 7) is 1.02. The number of rotatable bonds is 10. The monoisotopic (exact) mass is 348 g/mol. The maximum absolute atomic E-state index is 11.6. The Balaban J connectivity index is 1.49. The Morgan fingerprint density at radius 2 is 1.62 bits per heavy atom. The Morgan fingerprint density at radius 3 is 2.25 bits per heavy atom. The van der Waals surface area contributed by atoms with Gasteiger partial charge >= 0.3 is 11.9 Å². The number of ether oxygens (including phenoxy) is 2. The predicted octanol–water partition coefficient (Wildman–Crippen LogP) is 4.24. The zero-order valence-electron chi connectivity index (χ0n) is 13.3. The van der Waals surface area contributed by atoms with Gasteiger partial charge in [-0.25, -0.2) is 9.59 Å². The highest BCUT2D eigenvalue weighted by Crippen LogP contribution is 2.13. The van der Waals surface area contributed by atoms with Gasteiger partial charge in [-0.2, -0.15) is 11.3 Å². The molecule has 0 aliphatic rings. The molecule has 0 aliphatic heterocycles. The van der Waals surface area contributed by atoms with Crippen LogP contribution in [0.2, 0.25) is 0 Å². The number of esters is 1. The fourth-order valence-electron chi connectivity index (χ4n) is 2.07. The summed E-state index contributed by atoms with van der Waals surface area (Å²) in [5, 5.41) is 12.4. The Kier molecular flexibility index (Phi) is 7.29. The molecule has 0 atom stereocenters. The van der Waals surface area contributed by atoms with E-state index in [2.05, 4.69) is 0 Å². The molecule has 0 amide bonds. The van der Waals surface area contributed by atoms with E-state index in [-0.39, 0.29) is 11.5 Å². The van der Waals surface area contributed by atoms with E-state index in [1.165, 1.54) is 23.5 Å². The average molecular weight is 348 g/mol. The minimum atomic E-state index is -0.943. The molecule has 0 radical (unpaired) electrons. The maximum atomic E-state index is 11.6. The second-order valence-electron chi connectivity index (χ2n) is 5.24. The van der Waals surface area contributed by atoms with Crippen molar-refractivity contribution >= 4 is 23.3 Å². The van der Waals surface area contributed by atoms with Crippen LogP contribution in [0.1, 0.15) is 46.4 Å². The predicted molar refractivity (Wildman–Crippen MR) is 92.0 cm³/mol.